The number of carbonyl (C=O) groups excluding carboxylic acids is 3. The molecule has 1 aromatic carbocycles. The lowest BCUT2D eigenvalue weighted by atomic mass is 9.54. The smallest absolute Gasteiger partial charge is 0.255 e. The number of rotatable bonds is 3. The Morgan fingerprint density at radius 3 is 2.42 bits per heavy atom. The SMILES string of the molecule is CCc1cc(N)c(O)c2c1C[C@H]1C[C@H]3[C@H](C(C)C)C(=O)C(C(N)=O)=C(O)[C@@]3(O)C(=O)C1=C2O. The van der Waals surface area contributed by atoms with E-state index in [1.807, 2.05) is 6.92 Å². The Morgan fingerprint density at radius 1 is 1.24 bits per heavy atom. The third-order valence-electron chi connectivity index (χ3n) is 7.47. The van der Waals surface area contributed by atoms with Gasteiger partial charge in [0.05, 0.1) is 11.3 Å². The maximum Gasteiger partial charge on any atom is 0.255 e. The summed E-state index contributed by atoms with van der Waals surface area (Å²) in [5.41, 5.74) is 9.17. The number of ketones is 2. The summed E-state index contributed by atoms with van der Waals surface area (Å²) in [5, 5.41) is 44.1. The second kappa shape index (κ2) is 7.34. The highest BCUT2D eigenvalue weighted by molar-refractivity contribution is 6.23. The van der Waals surface area contributed by atoms with Crippen LogP contribution in [-0.2, 0) is 27.2 Å². The fourth-order valence-electron chi connectivity index (χ4n) is 5.97. The summed E-state index contributed by atoms with van der Waals surface area (Å²) < 4.78 is 0. The van der Waals surface area contributed by atoms with Crippen molar-refractivity contribution in [2.45, 2.75) is 45.6 Å². The molecule has 33 heavy (non-hydrogen) atoms. The van der Waals surface area contributed by atoms with Crippen molar-refractivity contribution < 1.29 is 34.8 Å². The number of nitrogens with two attached hydrogens (primary N) is 2. The second-order valence-corrected chi connectivity index (χ2v) is 9.50. The molecule has 0 bridgehead atoms. The number of aliphatic hydroxyl groups is 3. The van der Waals surface area contributed by atoms with Crippen molar-refractivity contribution in [1.29, 1.82) is 0 Å². The lowest BCUT2D eigenvalue weighted by molar-refractivity contribution is -0.155. The molecule has 0 saturated heterocycles. The van der Waals surface area contributed by atoms with E-state index in [1.54, 1.807) is 19.9 Å². The molecule has 1 aromatic rings. The predicted molar refractivity (Wildman–Crippen MR) is 119 cm³/mol. The van der Waals surface area contributed by atoms with Gasteiger partial charge in [-0.15, -0.1) is 0 Å². The van der Waals surface area contributed by atoms with Crippen LogP contribution < -0.4 is 11.5 Å². The number of phenolic OH excluding ortho intramolecular Hbond substituents is 1. The molecule has 0 aliphatic heterocycles. The highest BCUT2D eigenvalue weighted by Gasteiger charge is 2.64. The first-order valence-corrected chi connectivity index (χ1v) is 11.0. The minimum Gasteiger partial charge on any atom is -0.508 e. The van der Waals surface area contributed by atoms with Crippen molar-refractivity contribution in [3.63, 3.8) is 0 Å². The number of fused-ring (bicyclic) bond motifs is 3. The van der Waals surface area contributed by atoms with E-state index >= 15 is 0 Å². The van der Waals surface area contributed by atoms with Gasteiger partial charge in [-0.25, -0.2) is 0 Å². The first kappa shape index (κ1) is 22.8. The molecular weight excluding hydrogens is 428 g/mol. The zero-order chi connectivity index (χ0) is 24.6. The van der Waals surface area contributed by atoms with Gasteiger partial charge < -0.3 is 31.9 Å². The monoisotopic (exact) mass is 456 g/mol. The van der Waals surface area contributed by atoms with Crippen molar-refractivity contribution in [1.82, 2.24) is 0 Å². The number of hydrogen-bond donors (Lipinski definition) is 6. The Labute approximate surface area is 190 Å². The molecule has 176 valence electrons. The Hall–Kier alpha value is -3.33. The molecule has 9 nitrogen and oxygen atoms in total. The standard InChI is InChI=1S/C24H28N2O7/c1-4-9-7-13(25)18(27)16-11(9)5-10-6-12-14(8(2)3)19(28)17(23(26)32)22(31)24(12,33)21(30)15(10)20(16)29/h7-8,10,12,14,27,29,31,33H,4-6,25H2,1-3H3,(H2,26,32)/t10-,12-,14-,24-/m0/s1. The van der Waals surface area contributed by atoms with E-state index in [4.69, 9.17) is 11.5 Å². The van der Waals surface area contributed by atoms with Gasteiger partial charge in [0, 0.05) is 17.4 Å². The van der Waals surface area contributed by atoms with E-state index in [0.29, 0.717) is 12.0 Å². The summed E-state index contributed by atoms with van der Waals surface area (Å²) in [4.78, 5) is 38.8. The zero-order valence-corrected chi connectivity index (χ0v) is 18.7. The van der Waals surface area contributed by atoms with Crippen molar-refractivity contribution in [2.75, 3.05) is 5.73 Å². The molecule has 8 N–H and O–H groups in total. The molecule has 1 saturated carbocycles. The number of benzene rings is 1. The van der Waals surface area contributed by atoms with Crippen LogP contribution in [0.3, 0.4) is 0 Å². The van der Waals surface area contributed by atoms with Crippen LogP contribution in [0.2, 0.25) is 0 Å². The van der Waals surface area contributed by atoms with Crippen LogP contribution in [0.1, 0.15) is 43.9 Å². The van der Waals surface area contributed by atoms with E-state index < -0.39 is 57.9 Å². The molecule has 1 fully saturated rings. The van der Waals surface area contributed by atoms with Gasteiger partial charge in [0.15, 0.2) is 11.4 Å². The maximum absolute atomic E-state index is 13.7. The van der Waals surface area contributed by atoms with Gasteiger partial charge in [-0.3, -0.25) is 14.4 Å². The lowest BCUT2D eigenvalue weighted by Gasteiger charge is -2.50. The summed E-state index contributed by atoms with van der Waals surface area (Å²) in [6, 6.07) is 1.63. The van der Waals surface area contributed by atoms with Crippen molar-refractivity contribution >= 4 is 28.9 Å². The second-order valence-electron chi connectivity index (χ2n) is 9.50. The van der Waals surface area contributed by atoms with E-state index in [1.165, 1.54) is 0 Å². The number of hydrogen-bond acceptors (Lipinski definition) is 8. The number of amides is 1. The van der Waals surface area contributed by atoms with E-state index in [0.717, 1.165) is 5.56 Å². The van der Waals surface area contributed by atoms with Gasteiger partial charge in [-0.05, 0) is 48.3 Å². The molecule has 0 unspecified atom stereocenters. The maximum atomic E-state index is 13.7. The van der Waals surface area contributed by atoms with Gasteiger partial charge in [-0.1, -0.05) is 20.8 Å². The topological polar surface area (TPSA) is 184 Å². The zero-order valence-electron chi connectivity index (χ0n) is 18.7. The minimum absolute atomic E-state index is 0.0272. The number of aliphatic hydroxyl groups excluding tert-OH is 2. The Balaban J connectivity index is 2.00. The van der Waals surface area contributed by atoms with Gasteiger partial charge in [-0.2, -0.15) is 0 Å². The molecular formula is C24H28N2O7. The normalized spacial score (nSPS) is 29.2. The molecule has 0 aromatic heterocycles. The van der Waals surface area contributed by atoms with Gasteiger partial charge in [0.25, 0.3) is 5.91 Å². The van der Waals surface area contributed by atoms with Crippen LogP contribution in [0.15, 0.2) is 23.0 Å². The summed E-state index contributed by atoms with van der Waals surface area (Å²) in [6.45, 7) is 5.35. The molecule has 4 atom stereocenters. The third kappa shape index (κ3) is 2.84. The third-order valence-corrected chi connectivity index (χ3v) is 7.47. The number of primary amides is 1. The van der Waals surface area contributed by atoms with Crippen molar-refractivity contribution in [3.8, 4) is 5.75 Å². The number of aryl methyl sites for hydroxylation is 1. The van der Waals surface area contributed by atoms with Crippen molar-refractivity contribution in [2.24, 2.45) is 29.4 Å². The summed E-state index contributed by atoms with van der Waals surface area (Å²) >= 11 is 0. The number of carbonyl (C=O) groups is 3. The van der Waals surface area contributed by atoms with Gasteiger partial charge in [0.1, 0.15) is 22.8 Å². The van der Waals surface area contributed by atoms with Crippen LogP contribution >= 0.6 is 0 Å². The fraction of sp³-hybridized carbons (Fsp3) is 0.458. The largest absolute Gasteiger partial charge is 0.508 e. The molecule has 3 aliphatic rings. The quantitative estimate of drug-likeness (QED) is 0.224. The Bertz CT molecular complexity index is 1180. The average Bonchev–Trinajstić information content (AvgIpc) is 2.72. The number of anilines is 1. The lowest BCUT2D eigenvalue weighted by Crippen LogP contribution is -2.62. The minimum atomic E-state index is -2.60. The molecule has 0 radical (unpaired) electrons. The van der Waals surface area contributed by atoms with E-state index in [9.17, 15) is 34.8 Å². The van der Waals surface area contributed by atoms with Crippen LogP contribution in [0, 0.1) is 23.7 Å². The highest BCUT2D eigenvalue weighted by atomic mass is 16.3. The molecule has 0 heterocycles. The predicted octanol–water partition coefficient (Wildman–Crippen LogP) is 1.45. The number of nitrogen functional groups attached to an aromatic ring is 1. The number of aromatic hydroxyl groups is 1. The summed E-state index contributed by atoms with van der Waals surface area (Å²) in [5.74, 6) is -7.82. The Kier molecular flexibility index (Phi) is 5.09. The summed E-state index contributed by atoms with van der Waals surface area (Å²) in [6.07, 6.45) is 0.943. The van der Waals surface area contributed by atoms with E-state index in [2.05, 4.69) is 0 Å². The molecule has 9 heteroatoms. The first-order valence-electron chi connectivity index (χ1n) is 11.0. The Morgan fingerprint density at radius 2 is 1.88 bits per heavy atom. The molecule has 3 aliphatic carbocycles. The highest BCUT2D eigenvalue weighted by Crippen LogP contribution is 2.55. The fourth-order valence-corrected chi connectivity index (χ4v) is 5.97. The van der Waals surface area contributed by atoms with Crippen LogP contribution in [0.5, 0.6) is 5.75 Å². The summed E-state index contributed by atoms with van der Waals surface area (Å²) in [7, 11) is 0. The van der Waals surface area contributed by atoms with Crippen molar-refractivity contribution in [3.05, 3.63) is 39.7 Å². The number of Topliss-reactive ketones (excluding diaryl/α,β-unsaturated/α-hetero) is 2. The molecule has 4 rings (SSSR count). The molecule has 1 amide bonds. The number of phenols is 1. The van der Waals surface area contributed by atoms with Crippen LogP contribution in [0.4, 0.5) is 5.69 Å². The van der Waals surface area contributed by atoms with Crippen LogP contribution in [0.25, 0.3) is 5.76 Å². The average molecular weight is 456 g/mol. The van der Waals surface area contributed by atoms with Crippen LogP contribution in [-0.4, -0.2) is 43.5 Å². The first-order chi connectivity index (χ1) is 15.4. The van der Waals surface area contributed by atoms with Gasteiger partial charge >= 0.3 is 0 Å². The van der Waals surface area contributed by atoms with Gasteiger partial charge in [0.2, 0.25) is 5.78 Å². The molecule has 0 spiro atoms. The van der Waals surface area contributed by atoms with E-state index in [-0.39, 0.29) is 41.3 Å².